The Morgan fingerprint density at radius 1 is 1.20 bits per heavy atom. The van der Waals surface area contributed by atoms with E-state index in [1.54, 1.807) is 0 Å². The molecule has 1 saturated heterocycles. The van der Waals surface area contributed by atoms with Crippen molar-refractivity contribution in [1.82, 2.24) is 15.0 Å². The number of likely N-dealkylation sites (tertiary alicyclic amines) is 1. The number of piperidine rings is 1. The number of carbonyl (C=O) groups excluding carboxylic acids is 1. The minimum atomic E-state index is 0.131. The van der Waals surface area contributed by atoms with Gasteiger partial charge < -0.3 is 9.42 Å². The zero-order valence-corrected chi connectivity index (χ0v) is 18.2. The van der Waals surface area contributed by atoms with Crippen molar-refractivity contribution in [1.29, 1.82) is 0 Å². The molecule has 0 aliphatic carbocycles. The van der Waals surface area contributed by atoms with Crippen LogP contribution < -0.4 is 0 Å². The third-order valence-electron chi connectivity index (χ3n) is 5.83. The lowest BCUT2D eigenvalue weighted by atomic mass is 9.93. The highest BCUT2D eigenvalue weighted by molar-refractivity contribution is 6.30. The Balaban J connectivity index is 1.44. The molecule has 1 aromatic carbocycles. The summed E-state index contributed by atoms with van der Waals surface area (Å²) in [6.07, 6.45) is 3.15. The topological polar surface area (TPSA) is 59.2 Å². The average Bonchev–Trinajstić information content (AvgIpc) is 3.08. The fraction of sp³-hybridized carbons (Fsp3) is 0.375. The number of nitrogens with zero attached hydrogens (tertiary/aromatic N) is 3. The molecule has 6 heteroatoms. The van der Waals surface area contributed by atoms with Crippen LogP contribution in [0.4, 0.5) is 0 Å². The van der Waals surface area contributed by atoms with Crippen LogP contribution in [0.15, 0.2) is 47.0 Å². The summed E-state index contributed by atoms with van der Waals surface area (Å²) in [6.45, 7) is 5.24. The molecule has 1 fully saturated rings. The van der Waals surface area contributed by atoms with Gasteiger partial charge in [0.1, 0.15) is 5.76 Å². The highest BCUT2D eigenvalue weighted by Crippen LogP contribution is 2.27. The molecule has 30 heavy (non-hydrogen) atoms. The molecule has 1 amide bonds. The van der Waals surface area contributed by atoms with Gasteiger partial charge in [-0.25, -0.2) is 0 Å². The van der Waals surface area contributed by atoms with E-state index in [1.807, 2.05) is 43.0 Å². The predicted molar refractivity (Wildman–Crippen MR) is 117 cm³/mol. The van der Waals surface area contributed by atoms with E-state index in [9.17, 15) is 4.79 Å². The fourth-order valence-corrected chi connectivity index (χ4v) is 4.22. The first kappa shape index (κ1) is 20.6. The van der Waals surface area contributed by atoms with E-state index in [0.717, 1.165) is 59.2 Å². The molecule has 1 atom stereocenters. The minimum absolute atomic E-state index is 0.131. The number of pyridine rings is 1. The van der Waals surface area contributed by atoms with Gasteiger partial charge in [0.25, 0.3) is 0 Å². The van der Waals surface area contributed by atoms with Crippen LogP contribution in [0.2, 0.25) is 5.02 Å². The van der Waals surface area contributed by atoms with Gasteiger partial charge in [0.15, 0.2) is 0 Å². The maximum absolute atomic E-state index is 12.9. The fourth-order valence-electron chi connectivity index (χ4n) is 4.10. The minimum Gasteiger partial charge on any atom is -0.361 e. The molecule has 4 rings (SSSR count). The van der Waals surface area contributed by atoms with Gasteiger partial charge in [-0.2, -0.15) is 0 Å². The second-order valence-electron chi connectivity index (χ2n) is 8.02. The number of halogens is 1. The van der Waals surface area contributed by atoms with E-state index >= 15 is 0 Å². The largest absolute Gasteiger partial charge is 0.361 e. The highest BCUT2D eigenvalue weighted by atomic mass is 35.5. The Hall–Kier alpha value is -2.66. The number of aryl methyl sites for hydroxylation is 2. The summed E-state index contributed by atoms with van der Waals surface area (Å²) < 4.78 is 5.20. The molecule has 1 unspecified atom stereocenters. The molecular formula is C24H26ClN3O2. The maximum Gasteiger partial charge on any atom is 0.227 e. The third kappa shape index (κ3) is 4.73. The maximum atomic E-state index is 12.9. The van der Waals surface area contributed by atoms with Crippen LogP contribution in [0.1, 0.15) is 52.7 Å². The summed E-state index contributed by atoms with van der Waals surface area (Å²) in [6, 6.07) is 14.1. The van der Waals surface area contributed by atoms with Crippen LogP contribution in [-0.4, -0.2) is 34.0 Å². The van der Waals surface area contributed by atoms with Crippen LogP contribution in [0.3, 0.4) is 0 Å². The van der Waals surface area contributed by atoms with E-state index in [0.29, 0.717) is 13.0 Å². The van der Waals surface area contributed by atoms with Crippen molar-refractivity contribution in [2.24, 2.45) is 0 Å². The van der Waals surface area contributed by atoms with Crippen LogP contribution in [0, 0.1) is 13.8 Å². The molecule has 0 spiro atoms. The lowest BCUT2D eigenvalue weighted by Crippen LogP contribution is -2.40. The summed E-state index contributed by atoms with van der Waals surface area (Å²) in [5.41, 5.74) is 4.99. The van der Waals surface area contributed by atoms with Crippen LogP contribution in [0.5, 0.6) is 0 Å². The zero-order valence-electron chi connectivity index (χ0n) is 17.4. The summed E-state index contributed by atoms with van der Waals surface area (Å²) in [4.78, 5) is 19.8. The zero-order chi connectivity index (χ0) is 21.1. The van der Waals surface area contributed by atoms with Crippen molar-refractivity contribution in [2.75, 3.05) is 13.1 Å². The first-order chi connectivity index (χ1) is 14.5. The molecule has 0 radical (unpaired) electrons. The number of carbonyl (C=O) groups is 1. The first-order valence-electron chi connectivity index (χ1n) is 10.4. The van der Waals surface area contributed by atoms with Gasteiger partial charge in [-0.05, 0) is 56.5 Å². The normalized spacial score (nSPS) is 16.6. The molecule has 1 aliphatic rings. The van der Waals surface area contributed by atoms with Gasteiger partial charge in [0, 0.05) is 47.4 Å². The van der Waals surface area contributed by atoms with Gasteiger partial charge in [0.2, 0.25) is 5.91 Å². The Labute approximate surface area is 182 Å². The van der Waals surface area contributed by atoms with Gasteiger partial charge in [-0.3, -0.25) is 9.78 Å². The molecule has 5 nitrogen and oxygen atoms in total. The van der Waals surface area contributed by atoms with E-state index in [-0.39, 0.29) is 11.8 Å². The van der Waals surface area contributed by atoms with Crippen LogP contribution in [0.25, 0.3) is 0 Å². The second kappa shape index (κ2) is 9.00. The Morgan fingerprint density at radius 3 is 2.73 bits per heavy atom. The van der Waals surface area contributed by atoms with Gasteiger partial charge in [-0.15, -0.1) is 0 Å². The molecule has 0 N–H and O–H groups in total. The van der Waals surface area contributed by atoms with E-state index < -0.39 is 0 Å². The van der Waals surface area contributed by atoms with Crippen molar-refractivity contribution in [3.8, 4) is 0 Å². The van der Waals surface area contributed by atoms with E-state index in [2.05, 4.69) is 23.4 Å². The van der Waals surface area contributed by atoms with Crippen LogP contribution >= 0.6 is 11.6 Å². The Kier molecular flexibility index (Phi) is 6.18. The number of benzene rings is 1. The first-order valence-corrected chi connectivity index (χ1v) is 10.8. The average molecular weight is 424 g/mol. The summed E-state index contributed by atoms with van der Waals surface area (Å²) in [5.74, 6) is 1.12. The Morgan fingerprint density at radius 2 is 2.00 bits per heavy atom. The van der Waals surface area contributed by atoms with Gasteiger partial charge in [0.05, 0.1) is 12.1 Å². The molecule has 1 aliphatic heterocycles. The number of hydrogen-bond donors (Lipinski definition) is 0. The molecule has 3 heterocycles. The van der Waals surface area contributed by atoms with Crippen molar-refractivity contribution in [3.63, 3.8) is 0 Å². The lowest BCUT2D eigenvalue weighted by Gasteiger charge is -2.32. The summed E-state index contributed by atoms with van der Waals surface area (Å²) in [7, 11) is 0. The standard InChI is InChI=1S/C24H26ClN3O2/c1-16-22(17(2)30-27-16)14-24(29)28-12-4-5-19(15-28)23-7-3-6-21(26-23)13-18-8-10-20(25)11-9-18/h3,6-11,19H,4-5,12-15H2,1-2H3. The van der Waals surface area contributed by atoms with E-state index in [4.69, 9.17) is 21.1 Å². The predicted octanol–water partition coefficient (Wildman–Crippen LogP) is 4.88. The third-order valence-corrected chi connectivity index (χ3v) is 6.08. The number of rotatable bonds is 5. The monoisotopic (exact) mass is 423 g/mol. The number of hydrogen-bond acceptors (Lipinski definition) is 4. The molecule has 0 saturated carbocycles. The van der Waals surface area contributed by atoms with E-state index in [1.165, 1.54) is 5.56 Å². The molecule has 3 aromatic rings. The van der Waals surface area contributed by atoms with Crippen molar-refractivity contribution in [3.05, 3.63) is 81.5 Å². The summed E-state index contributed by atoms with van der Waals surface area (Å²) in [5, 5.41) is 4.70. The highest BCUT2D eigenvalue weighted by Gasteiger charge is 2.27. The second-order valence-corrected chi connectivity index (χ2v) is 8.45. The number of amides is 1. The Bertz CT molecular complexity index is 1010. The molecular weight excluding hydrogens is 398 g/mol. The lowest BCUT2D eigenvalue weighted by molar-refractivity contribution is -0.131. The quantitative estimate of drug-likeness (QED) is 0.586. The molecule has 0 bridgehead atoms. The van der Waals surface area contributed by atoms with Crippen molar-refractivity contribution in [2.45, 2.75) is 45.4 Å². The molecule has 2 aromatic heterocycles. The summed E-state index contributed by atoms with van der Waals surface area (Å²) >= 11 is 5.99. The van der Waals surface area contributed by atoms with Crippen LogP contribution in [-0.2, 0) is 17.6 Å². The number of aromatic nitrogens is 2. The van der Waals surface area contributed by atoms with Gasteiger partial charge >= 0.3 is 0 Å². The molecule has 156 valence electrons. The van der Waals surface area contributed by atoms with Gasteiger partial charge in [-0.1, -0.05) is 35.0 Å². The smallest absolute Gasteiger partial charge is 0.227 e. The van der Waals surface area contributed by atoms with Crippen molar-refractivity contribution < 1.29 is 9.32 Å². The van der Waals surface area contributed by atoms with Crippen molar-refractivity contribution >= 4 is 17.5 Å². The SMILES string of the molecule is Cc1noc(C)c1CC(=O)N1CCCC(c2cccc(Cc3ccc(Cl)cc3)n2)C1.